The first-order valence-electron chi connectivity index (χ1n) is 16.3. The third kappa shape index (κ3) is 5.01. The van der Waals surface area contributed by atoms with E-state index < -0.39 is 0 Å². The fourth-order valence-corrected chi connectivity index (χ4v) is 6.84. The van der Waals surface area contributed by atoms with Crippen LogP contribution in [0.2, 0.25) is 0 Å². The van der Waals surface area contributed by atoms with Gasteiger partial charge in [0.25, 0.3) is 0 Å². The molecule has 0 aliphatic heterocycles. The highest BCUT2D eigenvalue weighted by Crippen LogP contribution is 2.42. The third-order valence-electron chi connectivity index (χ3n) is 9.27. The van der Waals surface area contributed by atoms with Crippen LogP contribution in [0.3, 0.4) is 0 Å². The number of para-hydroxylation sites is 3. The van der Waals surface area contributed by atoms with Crippen molar-refractivity contribution in [1.29, 1.82) is 0 Å². The van der Waals surface area contributed by atoms with Crippen LogP contribution in [0.1, 0.15) is 0 Å². The fourth-order valence-electron chi connectivity index (χ4n) is 6.84. The second kappa shape index (κ2) is 11.8. The Morgan fingerprint density at radius 3 is 1.71 bits per heavy atom. The average molecular weight is 614 g/mol. The summed E-state index contributed by atoms with van der Waals surface area (Å²) in [6, 6.07) is 67.0. The zero-order chi connectivity index (χ0) is 31.9. The first-order valence-corrected chi connectivity index (χ1v) is 16.3. The zero-order valence-corrected chi connectivity index (χ0v) is 26.3. The highest BCUT2D eigenvalue weighted by atomic mass is 16.3. The Hall–Kier alpha value is -6.38. The lowest BCUT2D eigenvalue weighted by atomic mass is 9.98. The summed E-state index contributed by atoms with van der Waals surface area (Å²) < 4.78 is 6.14. The van der Waals surface area contributed by atoms with E-state index in [1.54, 1.807) is 0 Å². The Balaban J connectivity index is 1.08. The molecule has 0 saturated carbocycles. The Labute approximate surface area is 279 Å². The largest absolute Gasteiger partial charge is 0.456 e. The smallest absolute Gasteiger partial charge is 0.135 e. The van der Waals surface area contributed by atoms with Gasteiger partial charge in [0.1, 0.15) is 11.2 Å². The minimum absolute atomic E-state index is 0.901. The van der Waals surface area contributed by atoms with Gasteiger partial charge in [-0.1, -0.05) is 133 Å². The lowest BCUT2D eigenvalue weighted by Crippen LogP contribution is -2.11. The molecule has 9 aromatic rings. The summed E-state index contributed by atoms with van der Waals surface area (Å²) in [7, 11) is 0. The molecular formula is C46H31NO. The molecule has 2 heteroatoms. The number of nitrogens with zero attached hydrogens (tertiary/aromatic N) is 1. The summed E-state index contributed by atoms with van der Waals surface area (Å²) in [5.74, 6) is 0. The van der Waals surface area contributed by atoms with Crippen LogP contribution < -0.4 is 4.90 Å². The molecule has 0 unspecified atom stereocenters. The molecule has 0 saturated heterocycles. The van der Waals surface area contributed by atoms with Gasteiger partial charge in [0, 0.05) is 27.7 Å². The monoisotopic (exact) mass is 613 g/mol. The molecule has 8 aromatic carbocycles. The zero-order valence-electron chi connectivity index (χ0n) is 26.3. The van der Waals surface area contributed by atoms with Crippen LogP contribution in [0.25, 0.3) is 66.1 Å². The summed E-state index contributed by atoms with van der Waals surface area (Å²) in [4.78, 5) is 2.35. The topological polar surface area (TPSA) is 16.4 Å². The van der Waals surface area contributed by atoms with Crippen molar-refractivity contribution in [2.75, 3.05) is 4.90 Å². The molecule has 1 aromatic heterocycles. The van der Waals surface area contributed by atoms with Gasteiger partial charge >= 0.3 is 0 Å². The van der Waals surface area contributed by atoms with Gasteiger partial charge in [-0.3, -0.25) is 0 Å². The normalized spacial score (nSPS) is 11.3. The standard InChI is InChI=1S/C46H31NO/c1-2-12-39(13-3-1)47(44-16-8-6-14-41(44)38-26-29-46-43(31-38)42-15-7-9-17-45(42)48-46)40-27-24-34(25-28-40)33-18-20-35(21-19-33)37-23-22-32-10-4-5-11-36(32)30-37/h1-31H. The van der Waals surface area contributed by atoms with Crippen molar-refractivity contribution < 1.29 is 4.42 Å². The summed E-state index contributed by atoms with van der Waals surface area (Å²) in [6.45, 7) is 0. The summed E-state index contributed by atoms with van der Waals surface area (Å²) in [6.07, 6.45) is 0. The fraction of sp³-hybridized carbons (Fsp3) is 0. The van der Waals surface area contributed by atoms with Crippen LogP contribution in [0.4, 0.5) is 17.1 Å². The predicted molar refractivity (Wildman–Crippen MR) is 202 cm³/mol. The molecule has 0 spiro atoms. The van der Waals surface area contributed by atoms with Gasteiger partial charge in [0.2, 0.25) is 0 Å². The van der Waals surface area contributed by atoms with Crippen molar-refractivity contribution in [3.63, 3.8) is 0 Å². The van der Waals surface area contributed by atoms with Gasteiger partial charge in [-0.2, -0.15) is 0 Å². The van der Waals surface area contributed by atoms with Crippen LogP contribution in [-0.2, 0) is 0 Å². The van der Waals surface area contributed by atoms with E-state index >= 15 is 0 Å². The maximum atomic E-state index is 6.14. The number of hydrogen-bond acceptors (Lipinski definition) is 2. The van der Waals surface area contributed by atoms with Crippen LogP contribution in [0.5, 0.6) is 0 Å². The van der Waals surface area contributed by atoms with Crippen LogP contribution in [-0.4, -0.2) is 0 Å². The molecule has 226 valence electrons. The van der Waals surface area contributed by atoms with Crippen LogP contribution >= 0.6 is 0 Å². The summed E-state index contributed by atoms with van der Waals surface area (Å²) >= 11 is 0. The lowest BCUT2D eigenvalue weighted by Gasteiger charge is -2.28. The molecule has 1 heterocycles. The number of benzene rings is 8. The summed E-state index contributed by atoms with van der Waals surface area (Å²) in [5.41, 5.74) is 12.2. The van der Waals surface area contributed by atoms with Crippen molar-refractivity contribution in [2.24, 2.45) is 0 Å². The van der Waals surface area contributed by atoms with Gasteiger partial charge < -0.3 is 9.32 Å². The molecular weight excluding hydrogens is 583 g/mol. The molecule has 0 aliphatic carbocycles. The van der Waals surface area contributed by atoms with Gasteiger partial charge in [-0.25, -0.2) is 0 Å². The first-order chi connectivity index (χ1) is 23.8. The molecule has 2 nitrogen and oxygen atoms in total. The lowest BCUT2D eigenvalue weighted by molar-refractivity contribution is 0.669. The van der Waals surface area contributed by atoms with Gasteiger partial charge in [-0.05, 0) is 93.2 Å². The predicted octanol–water partition coefficient (Wildman–Crippen LogP) is 13.2. The second-order valence-corrected chi connectivity index (χ2v) is 12.2. The summed E-state index contributed by atoms with van der Waals surface area (Å²) in [5, 5.41) is 4.78. The third-order valence-corrected chi connectivity index (χ3v) is 9.27. The number of furan rings is 1. The van der Waals surface area contributed by atoms with Crippen molar-refractivity contribution >= 4 is 49.8 Å². The van der Waals surface area contributed by atoms with Gasteiger partial charge in [-0.15, -0.1) is 0 Å². The van der Waals surface area contributed by atoms with E-state index in [0.29, 0.717) is 0 Å². The molecule has 0 bridgehead atoms. The van der Waals surface area contributed by atoms with E-state index in [0.717, 1.165) is 50.1 Å². The van der Waals surface area contributed by atoms with Gasteiger partial charge in [0.05, 0.1) is 5.69 Å². The molecule has 0 N–H and O–H groups in total. The molecule has 0 fully saturated rings. The van der Waals surface area contributed by atoms with Crippen molar-refractivity contribution in [3.05, 3.63) is 188 Å². The van der Waals surface area contributed by atoms with E-state index in [9.17, 15) is 0 Å². The first kappa shape index (κ1) is 27.9. The van der Waals surface area contributed by atoms with Crippen LogP contribution in [0.15, 0.2) is 192 Å². The van der Waals surface area contributed by atoms with E-state index in [-0.39, 0.29) is 0 Å². The minimum atomic E-state index is 0.901. The molecule has 48 heavy (non-hydrogen) atoms. The highest BCUT2D eigenvalue weighted by molar-refractivity contribution is 6.07. The van der Waals surface area contributed by atoms with E-state index in [4.69, 9.17) is 4.42 Å². The Morgan fingerprint density at radius 2 is 0.896 bits per heavy atom. The second-order valence-electron chi connectivity index (χ2n) is 12.2. The van der Waals surface area contributed by atoms with E-state index in [1.165, 1.54) is 33.0 Å². The maximum absolute atomic E-state index is 6.14. The van der Waals surface area contributed by atoms with Crippen LogP contribution in [0, 0.1) is 0 Å². The quantitative estimate of drug-likeness (QED) is 0.185. The molecule has 0 amide bonds. The Kier molecular flexibility index (Phi) is 6.84. The van der Waals surface area contributed by atoms with Crippen molar-refractivity contribution in [1.82, 2.24) is 0 Å². The minimum Gasteiger partial charge on any atom is -0.456 e. The Bertz CT molecular complexity index is 2540. The van der Waals surface area contributed by atoms with E-state index in [1.807, 2.05) is 12.1 Å². The average Bonchev–Trinajstić information content (AvgIpc) is 3.54. The number of anilines is 3. The number of hydrogen-bond donors (Lipinski definition) is 0. The maximum Gasteiger partial charge on any atom is 0.135 e. The molecule has 9 rings (SSSR count). The molecule has 0 atom stereocenters. The number of rotatable bonds is 6. The van der Waals surface area contributed by atoms with Crippen molar-refractivity contribution in [3.8, 4) is 33.4 Å². The Morgan fingerprint density at radius 1 is 0.333 bits per heavy atom. The molecule has 0 aliphatic rings. The van der Waals surface area contributed by atoms with Crippen molar-refractivity contribution in [2.45, 2.75) is 0 Å². The highest BCUT2D eigenvalue weighted by Gasteiger charge is 2.18. The SMILES string of the molecule is c1ccc(N(c2ccc(-c3ccc(-c4ccc5ccccc5c4)cc3)cc2)c2ccccc2-c2ccc3oc4ccccc4c3c2)cc1. The van der Waals surface area contributed by atoms with E-state index in [2.05, 4.69) is 181 Å². The number of fused-ring (bicyclic) bond motifs is 4. The molecule has 0 radical (unpaired) electrons. The van der Waals surface area contributed by atoms with Gasteiger partial charge in [0.15, 0.2) is 0 Å².